The number of hydrogen-bond acceptors (Lipinski definition) is 6. The number of carbonyl (C=O) groups is 2. The molecule has 0 aliphatic rings. The number of nitro benzene ring substituents is 1. The van der Waals surface area contributed by atoms with E-state index < -0.39 is 16.7 Å². The van der Waals surface area contributed by atoms with Crippen molar-refractivity contribution in [3.8, 4) is 5.88 Å². The lowest BCUT2D eigenvalue weighted by Gasteiger charge is -2.07. The van der Waals surface area contributed by atoms with Gasteiger partial charge in [-0.2, -0.15) is 0 Å². The summed E-state index contributed by atoms with van der Waals surface area (Å²) >= 11 is 0. The van der Waals surface area contributed by atoms with E-state index in [0.717, 1.165) is 0 Å². The maximum atomic E-state index is 13.0. The summed E-state index contributed by atoms with van der Waals surface area (Å²) < 4.78 is 1.37. The van der Waals surface area contributed by atoms with Gasteiger partial charge in [-0.25, -0.2) is 0 Å². The summed E-state index contributed by atoms with van der Waals surface area (Å²) in [6, 6.07) is 21.2. The van der Waals surface area contributed by atoms with Crippen molar-refractivity contribution in [2.45, 2.75) is 0 Å². The summed E-state index contributed by atoms with van der Waals surface area (Å²) in [5, 5.41) is 32.0. The van der Waals surface area contributed by atoms with E-state index in [0.29, 0.717) is 16.6 Å². The number of aromatic hydroxyl groups is 1. The Morgan fingerprint density at radius 2 is 1.69 bits per heavy atom. The van der Waals surface area contributed by atoms with Crippen LogP contribution in [-0.2, 0) is 11.8 Å². The lowest BCUT2D eigenvalue weighted by atomic mass is 10.1. The third-order valence-electron chi connectivity index (χ3n) is 5.20. The number of benzene rings is 3. The Balaban J connectivity index is 1.70. The second-order valence-electron chi connectivity index (χ2n) is 7.48. The van der Waals surface area contributed by atoms with Crippen LogP contribution in [-0.4, -0.2) is 26.4 Å². The standard InChI is InChI=1S/C25H19N5O5/c1-29-21-13-12-18(30(34)35)15-19(21)22(25(29)33)27-28-24(32)20(14-16-8-4-2-5-9-16)26-23(31)17-10-6-3-7-11-17/h2-15,33H,1H3,(H,26,31)/b20-14+,28-27?. The molecule has 3 aromatic carbocycles. The SMILES string of the molecule is Cn1c(O)c(N=NC(=O)/C(=C\c2ccccc2)NC(=O)c2ccccc2)c2cc([N+](=O)[O-])ccc21. The van der Waals surface area contributed by atoms with Gasteiger partial charge in [0.2, 0.25) is 5.88 Å². The summed E-state index contributed by atoms with van der Waals surface area (Å²) in [6.45, 7) is 0. The first kappa shape index (κ1) is 23.1. The molecular formula is C25H19N5O5. The fraction of sp³-hybridized carbons (Fsp3) is 0.0400. The molecule has 174 valence electrons. The molecule has 2 amide bonds. The van der Waals surface area contributed by atoms with E-state index >= 15 is 0 Å². The van der Waals surface area contributed by atoms with Crippen molar-refractivity contribution in [3.05, 3.63) is 106 Å². The third kappa shape index (κ3) is 4.96. The van der Waals surface area contributed by atoms with Gasteiger partial charge in [-0.3, -0.25) is 19.7 Å². The molecule has 0 fully saturated rings. The Labute approximate surface area is 199 Å². The predicted molar refractivity (Wildman–Crippen MR) is 129 cm³/mol. The monoisotopic (exact) mass is 469 g/mol. The van der Waals surface area contributed by atoms with Gasteiger partial charge in [0.15, 0.2) is 5.69 Å². The van der Waals surface area contributed by atoms with E-state index in [4.69, 9.17) is 0 Å². The molecule has 4 aromatic rings. The van der Waals surface area contributed by atoms with Crippen LogP contribution in [0.25, 0.3) is 17.0 Å². The molecule has 1 aromatic heterocycles. The molecule has 0 radical (unpaired) electrons. The van der Waals surface area contributed by atoms with E-state index in [2.05, 4.69) is 15.5 Å². The third-order valence-corrected chi connectivity index (χ3v) is 5.20. The van der Waals surface area contributed by atoms with Gasteiger partial charge < -0.3 is 15.0 Å². The molecule has 0 spiro atoms. The lowest BCUT2D eigenvalue weighted by Crippen LogP contribution is -2.26. The summed E-state index contributed by atoms with van der Waals surface area (Å²) in [4.78, 5) is 36.3. The number of amides is 2. The topological polar surface area (TPSA) is 139 Å². The molecule has 10 heteroatoms. The molecule has 10 nitrogen and oxygen atoms in total. The van der Waals surface area contributed by atoms with Crippen LogP contribution in [0.1, 0.15) is 15.9 Å². The Hall–Kier alpha value is -5.12. The number of fused-ring (bicyclic) bond motifs is 1. The number of nitrogens with zero attached hydrogens (tertiary/aromatic N) is 4. The van der Waals surface area contributed by atoms with E-state index in [1.807, 2.05) is 6.07 Å². The first-order valence-corrected chi connectivity index (χ1v) is 10.4. The van der Waals surface area contributed by atoms with Gasteiger partial charge in [-0.1, -0.05) is 48.5 Å². The van der Waals surface area contributed by atoms with Gasteiger partial charge in [0.1, 0.15) is 5.70 Å². The van der Waals surface area contributed by atoms with Crippen LogP contribution in [0.15, 0.2) is 94.8 Å². The second kappa shape index (κ2) is 9.79. The average Bonchev–Trinajstić information content (AvgIpc) is 3.11. The van der Waals surface area contributed by atoms with Crippen LogP contribution in [0.5, 0.6) is 5.88 Å². The van der Waals surface area contributed by atoms with Crippen molar-refractivity contribution >= 4 is 40.2 Å². The molecule has 0 aliphatic heterocycles. The van der Waals surface area contributed by atoms with Crippen molar-refractivity contribution in [1.82, 2.24) is 9.88 Å². The zero-order valence-corrected chi connectivity index (χ0v) is 18.5. The maximum absolute atomic E-state index is 13.0. The zero-order chi connectivity index (χ0) is 24.9. The highest BCUT2D eigenvalue weighted by molar-refractivity contribution is 6.05. The smallest absolute Gasteiger partial charge is 0.311 e. The van der Waals surface area contributed by atoms with Gasteiger partial charge in [0.25, 0.3) is 11.6 Å². The number of carbonyl (C=O) groups excluding carboxylic acids is 2. The molecule has 2 N–H and O–H groups in total. The zero-order valence-electron chi connectivity index (χ0n) is 18.5. The molecule has 35 heavy (non-hydrogen) atoms. The number of nitrogens with one attached hydrogen (secondary N) is 1. The number of aromatic nitrogens is 1. The highest BCUT2D eigenvalue weighted by Gasteiger charge is 2.19. The Kier molecular flexibility index (Phi) is 6.45. The van der Waals surface area contributed by atoms with Crippen molar-refractivity contribution in [1.29, 1.82) is 0 Å². The fourth-order valence-electron chi connectivity index (χ4n) is 3.41. The summed E-state index contributed by atoms with van der Waals surface area (Å²) in [5.41, 5.74) is 1.00. The number of non-ortho nitro benzene ring substituents is 1. The summed E-state index contributed by atoms with van der Waals surface area (Å²) in [6.07, 6.45) is 1.45. The molecule has 0 saturated heterocycles. The van der Waals surface area contributed by atoms with E-state index in [1.54, 1.807) is 61.6 Å². The Bertz CT molecular complexity index is 1490. The molecule has 0 bridgehead atoms. The minimum Gasteiger partial charge on any atom is -0.493 e. The minimum absolute atomic E-state index is 0.104. The minimum atomic E-state index is -0.875. The van der Waals surface area contributed by atoms with Gasteiger partial charge >= 0.3 is 5.91 Å². The van der Waals surface area contributed by atoms with Crippen LogP contribution in [0.4, 0.5) is 11.4 Å². The quantitative estimate of drug-likeness (QED) is 0.179. The average molecular weight is 469 g/mol. The van der Waals surface area contributed by atoms with Crippen LogP contribution >= 0.6 is 0 Å². The fourth-order valence-corrected chi connectivity index (χ4v) is 3.41. The van der Waals surface area contributed by atoms with E-state index in [1.165, 1.54) is 28.8 Å². The Morgan fingerprint density at radius 1 is 1.03 bits per heavy atom. The lowest BCUT2D eigenvalue weighted by molar-refractivity contribution is -0.384. The largest absolute Gasteiger partial charge is 0.493 e. The highest BCUT2D eigenvalue weighted by atomic mass is 16.6. The molecule has 4 rings (SSSR count). The molecule has 0 saturated carbocycles. The van der Waals surface area contributed by atoms with Gasteiger partial charge in [-0.15, -0.1) is 10.2 Å². The van der Waals surface area contributed by atoms with Crippen molar-refractivity contribution in [2.24, 2.45) is 17.3 Å². The Morgan fingerprint density at radius 3 is 2.34 bits per heavy atom. The van der Waals surface area contributed by atoms with Crippen molar-refractivity contribution in [2.75, 3.05) is 0 Å². The number of aryl methyl sites for hydroxylation is 1. The van der Waals surface area contributed by atoms with Crippen LogP contribution in [0.3, 0.4) is 0 Å². The van der Waals surface area contributed by atoms with Crippen LogP contribution in [0.2, 0.25) is 0 Å². The second-order valence-corrected chi connectivity index (χ2v) is 7.48. The molecule has 0 atom stereocenters. The van der Waals surface area contributed by atoms with Crippen molar-refractivity contribution < 1.29 is 19.6 Å². The summed E-state index contributed by atoms with van der Waals surface area (Å²) in [5.74, 6) is -1.71. The number of hydrogen-bond donors (Lipinski definition) is 2. The maximum Gasteiger partial charge on any atom is 0.311 e. The summed E-state index contributed by atoms with van der Waals surface area (Å²) in [7, 11) is 1.55. The number of rotatable bonds is 6. The normalized spacial score (nSPS) is 11.6. The van der Waals surface area contributed by atoms with Crippen LogP contribution in [0, 0.1) is 10.1 Å². The number of nitro groups is 1. The molecule has 0 aliphatic carbocycles. The van der Waals surface area contributed by atoms with E-state index in [-0.39, 0.29) is 28.3 Å². The molecule has 0 unspecified atom stereocenters. The molecule has 1 heterocycles. The molecular weight excluding hydrogens is 450 g/mol. The van der Waals surface area contributed by atoms with Gasteiger partial charge in [0, 0.05) is 30.1 Å². The number of azo groups is 1. The van der Waals surface area contributed by atoms with Crippen molar-refractivity contribution in [3.63, 3.8) is 0 Å². The first-order chi connectivity index (χ1) is 16.8. The van der Waals surface area contributed by atoms with Gasteiger partial charge in [0.05, 0.1) is 10.4 Å². The predicted octanol–water partition coefficient (Wildman–Crippen LogP) is 4.87. The van der Waals surface area contributed by atoms with Crippen LogP contribution < -0.4 is 5.32 Å². The van der Waals surface area contributed by atoms with E-state index in [9.17, 15) is 24.8 Å². The highest BCUT2D eigenvalue weighted by Crippen LogP contribution is 2.39. The van der Waals surface area contributed by atoms with Gasteiger partial charge in [-0.05, 0) is 29.8 Å². The first-order valence-electron chi connectivity index (χ1n) is 10.4.